The van der Waals surface area contributed by atoms with Crippen LogP contribution in [0.2, 0.25) is 0 Å². The maximum absolute atomic E-state index is 13.4. The van der Waals surface area contributed by atoms with E-state index in [-0.39, 0.29) is 5.82 Å². The molecule has 102 valence electrons. The summed E-state index contributed by atoms with van der Waals surface area (Å²) in [6, 6.07) is 15.0. The zero-order chi connectivity index (χ0) is 13.8. The van der Waals surface area contributed by atoms with Gasteiger partial charge >= 0.3 is 0 Å². The quantitative estimate of drug-likeness (QED) is 0.722. The van der Waals surface area contributed by atoms with Crippen molar-refractivity contribution < 1.29 is 4.39 Å². The zero-order valence-corrected chi connectivity index (χ0v) is 11.8. The molecule has 0 aliphatic carbocycles. The zero-order valence-electron chi connectivity index (χ0n) is 11.0. The molecule has 4 heteroatoms. The van der Waals surface area contributed by atoms with Gasteiger partial charge in [0.15, 0.2) is 0 Å². The highest BCUT2D eigenvalue weighted by molar-refractivity contribution is 7.18. The molecular weight excluding hydrogens is 271 g/mol. The molecule has 2 aromatic carbocycles. The van der Waals surface area contributed by atoms with Crippen LogP contribution in [0.1, 0.15) is 10.6 Å². The molecular formula is C16H15FN2S. The molecule has 0 saturated carbocycles. The highest BCUT2D eigenvalue weighted by atomic mass is 32.1. The van der Waals surface area contributed by atoms with Crippen molar-refractivity contribution in [3.05, 3.63) is 64.9 Å². The number of halogens is 1. The Labute approximate surface area is 121 Å². The number of para-hydroxylation sites is 1. The monoisotopic (exact) mass is 286 g/mol. The van der Waals surface area contributed by atoms with Gasteiger partial charge in [-0.3, -0.25) is 0 Å². The first kappa shape index (κ1) is 13.2. The molecule has 1 N–H and O–H groups in total. The second-order valence-electron chi connectivity index (χ2n) is 4.59. The van der Waals surface area contributed by atoms with Crippen LogP contribution in [0, 0.1) is 5.82 Å². The third-order valence-electron chi connectivity index (χ3n) is 3.14. The molecule has 1 heterocycles. The lowest BCUT2D eigenvalue weighted by atomic mass is 10.1. The summed E-state index contributed by atoms with van der Waals surface area (Å²) in [6.45, 7) is 1.48. The third kappa shape index (κ3) is 3.03. The van der Waals surface area contributed by atoms with Gasteiger partial charge < -0.3 is 5.32 Å². The topological polar surface area (TPSA) is 24.9 Å². The van der Waals surface area contributed by atoms with Gasteiger partial charge in [-0.15, -0.1) is 11.3 Å². The van der Waals surface area contributed by atoms with Crippen molar-refractivity contribution in [2.45, 2.75) is 13.0 Å². The number of fused-ring (bicyclic) bond motifs is 1. The van der Waals surface area contributed by atoms with Crippen LogP contribution in [0.15, 0.2) is 48.5 Å². The fraction of sp³-hybridized carbons (Fsp3) is 0.188. The van der Waals surface area contributed by atoms with Gasteiger partial charge in [0, 0.05) is 6.54 Å². The molecule has 0 radical (unpaired) electrons. The van der Waals surface area contributed by atoms with Crippen molar-refractivity contribution in [1.29, 1.82) is 0 Å². The van der Waals surface area contributed by atoms with E-state index in [4.69, 9.17) is 0 Å². The van der Waals surface area contributed by atoms with Gasteiger partial charge in [-0.05, 0) is 36.7 Å². The van der Waals surface area contributed by atoms with E-state index >= 15 is 0 Å². The molecule has 3 rings (SSSR count). The summed E-state index contributed by atoms with van der Waals surface area (Å²) in [6.07, 6.45) is 0.692. The number of rotatable bonds is 5. The van der Waals surface area contributed by atoms with E-state index in [1.807, 2.05) is 30.3 Å². The molecule has 0 aliphatic rings. The van der Waals surface area contributed by atoms with Gasteiger partial charge in [-0.25, -0.2) is 9.37 Å². The fourth-order valence-corrected chi connectivity index (χ4v) is 3.05. The van der Waals surface area contributed by atoms with Gasteiger partial charge in [0.25, 0.3) is 0 Å². The Morgan fingerprint density at radius 2 is 1.85 bits per heavy atom. The van der Waals surface area contributed by atoms with Crippen LogP contribution in [-0.4, -0.2) is 11.5 Å². The Hall–Kier alpha value is -1.78. The number of hydrogen-bond donors (Lipinski definition) is 1. The first-order valence-electron chi connectivity index (χ1n) is 6.61. The van der Waals surface area contributed by atoms with Crippen molar-refractivity contribution in [3.8, 4) is 0 Å². The summed E-state index contributed by atoms with van der Waals surface area (Å²) in [4.78, 5) is 4.56. The highest BCUT2D eigenvalue weighted by Crippen LogP contribution is 2.21. The molecule has 3 aromatic rings. The minimum Gasteiger partial charge on any atom is -0.310 e. The van der Waals surface area contributed by atoms with Gasteiger partial charge in [0.1, 0.15) is 10.8 Å². The van der Waals surface area contributed by atoms with Crippen molar-refractivity contribution >= 4 is 21.6 Å². The van der Waals surface area contributed by atoms with E-state index < -0.39 is 0 Å². The Morgan fingerprint density at radius 3 is 2.70 bits per heavy atom. The van der Waals surface area contributed by atoms with E-state index in [9.17, 15) is 4.39 Å². The van der Waals surface area contributed by atoms with Crippen molar-refractivity contribution in [3.63, 3.8) is 0 Å². The van der Waals surface area contributed by atoms with E-state index in [0.717, 1.165) is 29.2 Å². The molecule has 20 heavy (non-hydrogen) atoms. The maximum atomic E-state index is 13.4. The molecule has 0 fully saturated rings. The van der Waals surface area contributed by atoms with E-state index in [0.29, 0.717) is 6.42 Å². The van der Waals surface area contributed by atoms with Crippen molar-refractivity contribution in [2.24, 2.45) is 0 Å². The van der Waals surface area contributed by atoms with Crippen LogP contribution in [-0.2, 0) is 13.0 Å². The highest BCUT2D eigenvalue weighted by Gasteiger charge is 2.03. The van der Waals surface area contributed by atoms with Crippen LogP contribution in [0.3, 0.4) is 0 Å². The van der Waals surface area contributed by atoms with Gasteiger partial charge in [-0.2, -0.15) is 0 Å². The molecule has 0 aliphatic heterocycles. The summed E-state index contributed by atoms with van der Waals surface area (Å²) in [5.74, 6) is -0.130. The second-order valence-corrected chi connectivity index (χ2v) is 5.71. The number of aromatic nitrogens is 1. The van der Waals surface area contributed by atoms with Crippen LogP contribution in [0.5, 0.6) is 0 Å². The number of thiazole rings is 1. The van der Waals surface area contributed by atoms with Crippen LogP contribution < -0.4 is 5.32 Å². The predicted octanol–water partition coefficient (Wildman–Crippen LogP) is 3.77. The molecule has 0 bridgehead atoms. The van der Waals surface area contributed by atoms with Crippen molar-refractivity contribution in [1.82, 2.24) is 10.3 Å². The van der Waals surface area contributed by atoms with E-state index in [1.54, 1.807) is 17.4 Å². The average Bonchev–Trinajstić information content (AvgIpc) is 2.88. The maximum Gasteiger partial charge on any atom is 0.126 e. The number of nitrogens with one attached hydrogen (secondary N) is 1. The van der Waals surface area contributed by atoms with E-state index in [1.165, 1.54) is 10.8 Å². The van der Waals surface area contributed by atoms with Crippen LogP contribution in [0.25, 0.3) is 10.2 Å². The largest absolute Gasteiger partial charge is 0.310 e. The standard InChI is InChI=1S/C16H15FN2S/c17-13-6-2-1-5-12(13)9-10-18-11-16-19-14-7-3-4-8-15(14)20-16/h1-8,18H,9-11H2. The normalized spacial score (nSPS) is 11.1. The molecule has 0 saturated heterocycles. The Morgan fingerprint density at radius 1 is 1.05 bits per heavy atom. The van der Waals surface area contributed by atoms with Crippen molar-refractivity contribution in [2.75, 3.05) is 6.54 Å². The molecule has 2 nitrogen and oxygen atoms in total. The summed E-state index contributed by atoms with van der Waals surface area (Å²) in [7, 11) is 0. The summed E-state index contributed by atoms with van der Waals surface area (Å²) >= 11 is 1.70. The first-order valence-corrected chi connectivity index (χ1v) is 7.43. The summed E-state index contributed by atoms with van der Waals surface area (Å²) in [5, 5.41) is 4.39. The first-order chi connectivity index (χ1) is 9.83. The molecule has 0 atom stereocenters. The summed E-state index contributed by atoms with van der Waals surface area (Å²) in [5.41, 5.74) is 1.80. The summed E-state index contributed by atoms with van der Waals surface area (Å²) < 4.78 is 14.6. The lowest BCUT2D eigenvalue weighted by molar-refractivity contribution is 0.597. The Bertz CT molecular complexity index is 675. The molecule has 0 amide bonds. The average molecular weight is 286 g/mol. The number of hydrogen-bond acceptors (Lipinski definition) is 3. The van der Waals surface area contributed by atoms with Gasteiger partial charge in [0.05, 0.1) is 10.2 Å². The number of nitrogens with zero attached hydrogens (tertiary/aromatic N) is 1. The van der Waals surface area contributed by atoms with Crippen LogP contribution >= 0.6 is 11.3 Å². The fourth-order valence-electron chi connectivity index (χ4n) is 2.12. The predicted molar refractivity (Wildman–Crippen MR) is 81.4 cm³/mol. The molecule has 0 unspecified atom stereocenters. The Kier molecular flexibility index (Phi) is 4.04. The van der Waals surface area contributed by atoms with E-state index in [2.05, 4.69) is 16.4 Å². The van der Waals surface area contributed by atoms with Gasteiger partial charge in [-0.1, -0.05) is 30.3 Å². The molecule has 0 spiro atoms. The number of benzene rings is 2. The second kappa shape index (κ2) is 6.11. The molecule has 1 aromatic heterocycles. The minimum absolute atomic E-state index is 0.130. The Balaban J connectivity index is 1.54. The smallest absolute Gasteiger partial charge is 0.126 e. The lowest BCUT2D eigenvalue weighted by Crippen LogP contribution is -2.16. The van der Waals surface area contributed by atoms with Gasteiger partial charge in [0.2, 0.25) is 0 Å². The third-order valence-corrected chi connectivity index (χ3v) is 4.18. The minimum atomic E-state index is -0.130. The SMILES string of the molecule is Fc1ccccc1CCNCc1nc2ccccc2s1. The van der Waals surface area contributed by atoms with Crippen LogP contribution in [0.4, 0.5) is 4.39 Å². The lowest BCUT2D eigenvalue weighted by Gasteiger charge is -2.03.